The Bertz CT molecular complexity index is 359. The van der Waals surface area contributed by atoms with Crippen molar-refractivity contribution in [2.24, 2.45) is 11.8 Å². The van der Waals surface area contributed by atoms with Crippen molar-refractivity contribution in [3.8, 4) is 0 Å². The van der Waals surface area contributed by atoms with E-state index in [0.29, 0.717) is 5.92 Å². The van der Waals surface area contributed by atoms with E-state index >= 15 is 0 Å². The third kappa shape index (κ3) is 2.43. The summed E-state index contributed by atoms with van der Waals surface area (Å²) >= 11 is 0. The maximum absolute atomic E-state index is 10.7. The van der Waals surface area contributed by atoms with Crippen molar-refractivity contribution in [3.05, 3.63) is 35.4 Å². The standard InChI is InChI=1S/C14H18O2/c1-10(14(15)16)6-7-11-8-12-4-2-3-5-13(12)9-11/h2-5,10-11H,6-9H2,1H3,(H,15,16). The van der Waals surface area contributed by atoms with Gasteiger partial charge < -0.3 is 5.11 Å². The minimum Gasteiger partial charge on any atom is -0.481 e. The van der Waals surface area contributed by atoms with Gasteiger partial charge >= 0.3 is 5.97 Å². The number of carboxylic acid groups (broad SMARTS) is 1. The number of hydrogen-bond donors (Lipinski definition) is 1. The van der Waals surface area contributed by atoms with E-state index in [1.165, 1.54) is 11.1 Å². The van der Waals surface area contributed by atoms with Gasteiger partial charge in [0, 0.05) is 0 Å². The number of benzene rings is 1. The highest BCUT2D eigenvalue weighted by Gasteiger charge is 2.22. The largest absolute Gasteiger partial charge is 0.481 e. The molecule has 2 heteroatoms. The maximum atomic E-state index is 10.7. The summed E-state index contributed by atoms with van der Waals surface area (Å²) in [5.74, 6) is -0.224. The number of aliphatic carboxylic acids is 1. The van der Waals surface area contributed by atoms with E-state index in [0.717, 1.165) is 25.7 Å². The van der Waals surface area contributed by atoms with Crippen molar-refractivity contribution < 1.29 is 9.90 Å². The summed E-state index contributed by atoms with van der Waals surface area (Å²) in [6.07, 6.45) is 4.08. The molecule has 0 saturated carbocycles. The molecule has 0 radical (unpaired) electrons. The Morgan fingerprint density at radius 3 is 2.44 bits per heavy atom. The van der Waals surface area contributed by atoms with Crippen LogP contribution in [0.25, 0.3) is 0 Å². The lowest BCUT2D eigenvalue weighted by Crippen LogP contribution is -2.11. The minimum atomic E-state index is -0.671. The number of hydrogen-bond acceptors (Lipinski definition) is 1. The van der Waals surface area contributed by atoms with Gasteiger partial charge in [0.05, 0.1) is 5.92 Å². The van der Waals surface area contributed by atoms with Crippen molar-refractivity contribution in [1.29, 1.82) is 0 Å². The second-order valence-electron chi connectivity index (χ2n) is 4.86. The van der Waals surface area contributed by atoms with Gasteiger partial charge in [-0.3, -0.25) is 4.79 Å². The summed E-state index contributed by atoms with van der Waals surface area (Å²) in [7, 11) is 0. The van der Waals surface area contributed by atoms with Crippen molar-refractivity contribution in [1.82, 2.24) is 0 Å². The lowest BCUT2D eigenvalue weighted by molar-refractivity contribution is -0.141. The summed E-state index contributed by atoms with van der Waals surface area (Å²) in [6, 6.07) is 8.55. The zero-order valence-electron chi connectivity index (χ0n) is 9.65. The first-order valence-corrected chi connectivity index (χ1v) is 5.96. The smallest absolute Gasteiger partial charge is 0.306 e. The molecule has 0 aliphatic heterocycles. The molecule has 16 heavy (non-hydrogen) atoms. The molecule has 1 atom stereocenters. The zero-order valence-corrected chi connectivity index (χ0v) is 9.65. The predicted molar refractivity (Wildman–Crippen MR) is 63.4 cm³/mol. The Kier molecular flexibility index (Phi) is 3.28. The van der Waals surface area contributed by atoms with Gasteiger partial charge in [-0.15, -0.1) is 0 Å². The lowest BCUT2D eigenvalue weighted by Gasteiger charge is -2.10. The molecule has 2 rings (SSSR count). The van der Waals surface area contributed by atoms with Crippen molar-refractivity contribution in [2.75, 3.05) is 0 Å². The van der Waals surface area contributed by atoms with E-state index in [9.17, 15) is 4.79 Å². The van der Waals surface area contributed by atoms with Crippen LogP contribution in [0, 0.1) is 11.8 Å². The molecule has 1 unspecified atom stereocenters. The molecular formula is C14H18O2. The third-order valence-electron chi connectivity index (χ3n) is 3.57. The fourth-order valence-corrected chi connectivity index (χ4v) is 2.46. The SMILES string of the molecule is CC(CCC1Cc2ccccc2C1)C(=O)O. The first kappa shape index (κ1) is 11.2. The summed E-state index contributed by atoms with van der Waals surface area (Å²) in [4.78, 5) is 10.7. The Balaban J connectivity index is 1.86. The van der Waals surface area contributed by atoms with E-state index in [2.05, 4.69) is 24.3 Å². The Labute approximate surface area is 96.3 Å². The Morgan fingerprint density at radius 1 is 1.38 bits per heavy atom. The molecule has 1 aliphatic carbocycles. The molecule has 0 spiro atoms. The van der Waals surface area contributed by atoms with Gasteiger partial charge in [0.15, 0.2) is 0 Å². The Morgan fingerprint density at radius 2 is 1.94 bits per heavy atom. The number of carbonyl (C=O) groups is 1. The molecule has 1 N–H and O–H groups in total. The molecule has 1 aliphatic rings. The third-order valence-corrected chi connectivity index (χ3v) is 3.57. The molecular weight excluding hydrogens is 200 g/mol. The number of fused-ring (bicyclic) bond motifs is 1. The Hall–Kier alpha value is -1.31. The van der Waals surface area contributed by atoms with Crippen LogP contribution in [0.3, 0.4) is 0 Å². The zero-order chi connectivity index (χ0) is 11.5. The van der Waals surface area contributed by atoms with Gasteiger partial charge in [0.25, 0.3) is 0 Å². The average Bonchev–Trinajstić information content (AvgIpc) is 2.68. The van der Waals surface area contributed by atoms with Crippen LogP contribution in [0.2, 0.25) is 0 Å². The quantitative estimate of drug-likeness (QED) is 0.843. The van der Waals surface area contributed by atoms with Gasteiger partial charge in [-0.1, -0.05) is 31.2 Å². The monoisotopic (exact) mass is 218 g/mol. The van der Waals surface area contributed by atoms with Gasteiger partial charge in [0.2, 0.25) is 0 Å². The van der Waals surface area contributed by atoms with Crippen LogP contribution < -0.4 is 0 Å². The lowest BCUT2D eigenvalue weighted by atomic mass is 9.95. The normalized spacial score (nSPS) is 17.1. The summed E-state index contributed by atoms with van der Waals surface area (Å²) in [5.41, 5.74) is 2.91. The van der Waals surface area contributed by atoms with Crippen LogP contribution in [-0.4, -0.2) is 11.1 Å². The van der Waals surface area contributed by atoms with Crippen molar-refractivity contribution in [3.63, 3.8) is 0 Å². The van der Waals surface area contributed by atoms with E-state index < -0.39 is 5.97 Å². The highest BCUT2D eigenvalue weighted by Crippen LogP contribution is 2.30. The molecule has 0 heterocycles. The summed E-state index contributed by atoms with van der Waals surface area (Å²) in [5, 5.41) is 8.83. The molecule has 0 fully saturated rings. The molecule has 1 aromatic carbocycles. The van der Waals surface area contributed by atoms with E-state index in [1.54, 1.807) is 6.92 Å². The topological polar surface area (TPSA) is 37.3 Å². The molecule has 2 nitrogen and oxygen atoms in total. The van der Waals surface area contributed by atoms with Crippen LogP contribution >= 0.6 is 0 Å². The van der Waals surface area contributed by atoms with Gasteiger partial charge in [-0.25, -0.2) is 0 Å². The highest BCUT2D eigenvalue weighted by molar-refractivity contribution is 5.69. The van der Waals surface area contributed by atoms with Gasteiger partial charge in [-0.05, 0) is 42.7 Å². The summed E-state index contributed by atoms with van der Waals surface area (Å²) in [6.45, 7) is 1.80. The molecule has 0 amide bonds. The van der Waals surface area contributed by atoms with Crippen LogP contribution in [0.1, 0.15) is 30.9 Å². The van der Waals surface area contributed by atoms with Crippen molar-refractivity contribution >= 4 is 5.97 Å². The second-order valence-corrected chi connectivity index (χ2v) is 4.86. The van der Waals surface area contributed by atoms with Crippen LogP contribution in [-0.2, 0) is 17.6 Å². The van der Waals surface area contributed by atoms with Gasteiger partial charge in [0.1, 0.15) is 0 Å². The predicted octanol–water partition coefficient (Wildman–Crippen LogP) is 2.90. The highest BCUT2D eigenvalue weighted by atomic mass is 16.4. The van der Waals surface area contributed by atoms with Crippen LogP contribution in [0.4, 0.5) is 0 Å². The van der Waals surface area contributed by atoms with Gasteiger partial charge in [-0.2, -0.15) is 0 Å². The van der Waals surface area contributed by atoms with Crippen LogP contribution in [0.15, 0.2) is 24.3 Å². The first-order valence-electron chi connectivity index (χ1n) is 5.96. The number of rotatable bonds is 4. The second kappa shape index (κ2) is 4.69. The fourth-order valence-electron chi connectivity index (χ4n) is 2.46. The molecule has 0 bridgehead atoms. The molecule has 1 aromatic rings. The van der Waals surface area contributed by atoms with Crippen LogP contribution in [0.5, 0.6) is 0 Å². The number of carboxylic acids is 1. The van der Waals surface area contributed by atoms with E-state index in [1.807, 2.05) is 0 Å². The summed E-state index contributed by atoms with van der Waals surface area (Å²) < 4.78 is 0. The first-order chi connectivity index (χ1) is 7.66. The average molecular weight is 218 g/mol. The van der Waals surface area contributed by atoms with E-state index in [4.69, 9.17) is 5.11 Å². The molecule has 86 valence electrons. The molecule has 0 aromatic heterocycles. The van der Waals surface area contributed by atoms with Crippen molar-refractivity contribution in [2.45, 2.75) is 32.6 Å². The fraction of sp³-hybridized carbons (Fsp3) is 0.500. The molecule has 0 saturated heterocycles. The minimum absolute atomic E-state index is 0.205. The van der Waals surface area contributed by atoms with E-state index in [-0.39, 0.29) is 5.92 Å². The maximum Gasteiger partial charge on any atom is 0.306 e.